The van der Waals surface area contributed by atoms with Crippen LogP contribution >= 0.6 is 0 Å². The fourth-order valence-corrected chi connectivity index (χ4v) is 5.45. The summed E-state index contributed by atoms with van der Waals surface area (Å²) in [6.07, 6.45) is 8.37. The summed E-state index contributed by atoms with van der Waals surface area (Å²) in [6.45, 7) is 4.38. The summed E-state index contributed by atoms with van der Waals surface area (Å²) in [7, 11) is 0. The van der Waals surface area contributed by atoms with Crippen LogP contribution in [-0.2, 0) is 6.42 Å². The Morgan fingerprint density at radius 1 is 0.974 bits per heavy atom. The van der Waals surface area contributed by atoms with Crippen LogP contribution in [0, 0.1) is 6.92 Å². The van der Waals surface area contributed by atoms with Gasteiger partial charge in [-0.3, -0.25) is 4.57 Å². The lowest BCUT2D eigenvalue weighted by molar-refractivity contribution is 0.750. The number of aryl methyl sites for hydroxylation is 1. The highest BCUT2D eigenvalue weighted by Gasteiger charge is 2.26. The van der Waals surface area contributed by atoms with E-state index in [9.17, 15) is 0 Å². The molecule has 0 aliphatic heterocycles. The molecule has 38 heavy (non-hydrogen) atoms. The molecule has 1 saturated carbocycles. The Labute approximate surface area is 220 Å². The molecule has 8 nitrogen and oxygen atoms in total. The fraction of sp³-hybridized carbons (Fsp3) is 0.233. The van der Waals surface area contributed by atoms with Crippen molar-refractivity contribution in [3.63, 3.8) is 0 Å². The summed E-state index contributed by atoms with van der Waals surface area (Å²) < 4.78 is 4.65. The number of aromatic amines is 1. The van der Waals surface area contributed by atoms with Crippen LogP contribution in [0.4, 0.5) is 0 Å². The Morgan fingerprint density at radius 2 is 1.82 bits per heavy atom. The Bertz CT molecular complexity index is 1750. The highest BCUT2D eigenvalue weighted by Crippen LogP contribution is 2.39. The SMILES string of the molecule is CCCc1nc2ccc(-c3nccn3C3CC3)cc2n1-c1cccc(-c2ccccc2-c2nn[nH]n2)c1C. The topological polar surface area (TPSA) is 90.1 Å². The lowest BCUT2D eigenvalue weighted by atomic mass is 9.94. The molecule has 0 saturated heterocycles. The minimum Gasteiger partial charge on any atom is -0.328 e. The van der Waals surface area contributed by atoms with Gasteiger partial charge in [0.05, 0.1) is 16.7 Å². The van der Waals surface area contributed by atoms with E-state index in [1.807, 2.05) is 18.3 Å². The van der Waals surface area contributed by atoms with Gasteiger partial charge in [-0.25, -0.2) is 9.97 Å². The molecule has 1 aliphatic carbocycles. The molecular weight excluding hydrogens is 472 g/mol. The summed E-state index contributed by atoms with van der Waals surface area (Å²) in [6, 6.07) is 21.8. The van der Waals surface area contributed by atoms with Gasteiger partial charge in [0.25, 0.3) is 0 Å². The molecule has 1 N–H and O–H groups in total. The van der Waals surface area contributed by atoms with Gasteiger partial charge in [0, 0.05) is 36.0 Å². The first-order chi connectivity index (χ1) is 18.7. The maximum absolute atomic E-state index is 5.08. The van der Waals surface area contributed by atoms with Gasteiger partial charge in [-0.15, -0.1) is 10.2 Å². The van der Waals surface area contributed by atoms with E-state index in [0.29, 0.717) is 11.9 Å². The number of tetrazole rings is 1. The predicted octanol–water partition coefficient (Wildman–Crippen LogP) is 6.33. The molecule has 0 bridgehead atoms. The van der Waals surface area contributed by atoms with Crippen LogP contribution in [0.15, 0.2) is 73.1 Å². The zero-order valence-corrected chi connectivity index (χ0v) is 21.5. The lowest BCUT2D eigenvalue weighted by Gasteiger charge is -2.17. The molecule has 0 atom stereocenters. The first-order valence-electron chi connectivity index (χ1n) is 13.2. The van der Waals surface area contributed by atoms with Crippen LogP contribution in [0.2, 0.25) is 0 Å². The molecule has 3 heterocycles. The predicted molar refractivity (Wildman–Crippen MR) is 148 cm³/mol. The van der Waals surface area contributed by atoms with Crippen LogP contribution in [0.1, 0.15) is 43.6 Å². The highest BCUT2D eigenvalue weighted by atomic mass is 15.5. The number of aromatic nitrogens is 8. The van der Waals surface area contributed by atoms with Crippen molar-refractivity contribution in [1.29, 1.82) is 0 Å². The minimum absolute atomic E-state index is 0.571. The van der Waals surface area contributed by atoms with Gasteiger partial charge in [0.2, 0.25) is 5.82 Å². The maximum atomic E-state index is 5.08. The van der Waals surface area contributed by atoms with E-state index in [1.54, 1.807) is 0 Å². The first-order valence-corrected chi connectivity index (χ1v) is 13.2. The number of hydrogen-bond donors (Lipinski definition) is 1. The number of rotatable bonds is 7. The van der Waals surface area contributed by atoms with Crippen LogP contribution in [-0.4, -0.2) is 39.7 Å². The first kappa shape index (κ1) is 22.6. The molecule has 0 amide bonds. The average Bonchev–Trinajstić information content (AvgIpc) is 3.31. The monoisotopic (exact) mass is 500 g/mol. The normalized spacial score (nSPS) is 13.4. The average molecular weight is 501 g/mol. The molecule has 1 aliphatic rings. The van der Waals surface area contributed by atoms with E-state index in [2.05, 4.69) is 98.3 Å². The number of fused-ring (bicyclic) bond motifs is 1. The second-order valence-electron chi connectivity index (χ2n) is 9.94. The van der Waals surface area contributed by atoms with Gasteiger partial charge in [-0.2, -0.15) is 5.21 Å². The van der Waals surface area contributed by atoms with Crippen molar-refractivity contribution in [1.82, 2.24) is 39.7 Å². The second-order valence-corrected chi connectivity index (χ2v) is 9.94. The van der Waals surface area contributed by atoms with Crippen LogP contribution in [0.5, 0.6) is 0 Å². The Morgan fingerprint density at radius 3 is 2.61 bits per heavy atom. The zero-order chi connectivity index (χ0) is 25.6. The van der Waals surface area contributed by atoms with Crippen LogP contribution in [0.25, 0.3) is 50.6 Å². The Balaban J connectivity index is 1.42. The molecule has 8 heteroatoms. The third-order valence-corrected chi connectivity index (χ3v) is 7.41. The van der Waals surface area contributed by atoms with Gasteiger partial charge >= 0.3 is 0 Å². The van der Waals surface area contributed by atoms with Crippen molar-refractivity contribution in [2.75, 3.05) is 0 Å². The van der Waals surface area contributed by atoms with Gasteiger partial charge in [-0.1, -0.05) is 43.3 Å². The molecular formula is C30H28N8. The van der Waals surface area contributed by atoms with Crippen molar-refractivity contribution in [3.05, 3.63) is 84.4 Å². The summed E-state index contributed by atoms with van der Waals surface area (Å²) in [5.74, 6) is 2.68. The Hall–Kier alpha value is -4.59. The van der Waals surface area contributed by atoms with Crippen molar-refractivity contribution in [2.45, 2.75) is 45.6 Å². The molecule has 6 aromatic rings. The molecule has 0 radical (unpaired) electrons. The van der Waals surface area contributed by atoms with E-state index >= 15 is 0 Å². The van der Waals surface area contributed by atoms with Crippen LogP contribution < -0.4 is 0 Å². The van der Waals surface area contributed by atoms with Gasteiger partial charge < -0.3 is 4.57 Å². The number of imidazole rings is 2. The quantitative estimate of drug-likeness (QED) is 0.277. The molecule has 7 rings (SSSR count). The van der Waals surface area contributed by atoms with Gasteiger partial charge in [0.1, 0.15) is 11.6 Å². The van der Waals surface area contributed by atoms with E-state index in [0.717, 1.165) is 63.5 Å². The van der Waals surface area contributed by atoms with Crippen molar-refractivity contribution in [3.8, 4) is 39.6 Å². The summed E-state index contributed by atoms with van der Waals surface area (Å²) in [5.41, 5.74) is 8.66. The standard InChI is InChI=1S/C30H28N8/c1-3-7-28-32-25-15-12-20(30-31-16-17-37(30)21-13-14-21)18-27(25)38(28)26-11-6-10-22(19(26)2)23-8-4-5-9-24(23)29-33-35-36-34-29/h4-6,8-12,15-18,21H,3,7,13-14H2,1-2H3,(H,33,34,35,36). The van der Waals surface area contributed by atoms with E-state index in [1.165, 1.54) is 18.4 Å². The summed E-state index contributed by atoms with van der Waals surface area (Å²) in [5, 5.41) is 14.8. The second kappa shape index (κ2) is 9.06. The minimum atomic E-state index is 0.571. The van der Waals surface area contributed by atoms with Crippen molar-refractivity contribution >= 4 is 11.0 Å². The number of nitrogens with zero attached hydrogens (tertiary/aromatic N) is 7. The third kappa shape index (κ3) is 3.72. The van der Waals surface area contributed by atoms with Crippen molar-refractivity contribution < 1.29 is 0 Å². The van der Waals surface area contributed by atoms with Crippen molar-refractivity contribution in [2.24, 2.45) is 0 Å². The number of hydrogen-bond acceptors (Lipinski definition) is 5. The van der Waals surface area contributed by atoms with E-state index in [4.69, 9.17) is 9.97 Å². The third-order valence-electron chi connectivity index (χ3n) is 7.41. The molecule has 1 fully saturated rings. The van der Waals surface area contributed by atoms with Crippen LogP contribution in [0.3, 0.4) is 0 Å². The summed E-state index contributed by atoms with van der Waals surface area (Å²) >= 11 is 0. The smallest absolute Gasteiger partial charge is 0.205 e. The van der Waals surface area contributed by atoms with E-state index < -0.39 is 0 Å². The highest BCUT2D eigenvalue weighted by molar-refractivity contribution is 5.86. The molecule has 3 aromatic heterocycles. The number of H-pyrrole nitrogens is 1. The zero-order valence-electron chi connectivity index (χ0n) is 21.5. The van der Waals surface area contributed by atoms with Gasteiger partial charge in [0.15, 0.2) is 0 Å². The maximum Gasteiger partial charge on any atom is 0.205 e. The van der Waals surface area contributed by atoms with Gasteiger partial charge in [-0.05, 0) is 72.4 Å². The number of benzene rings is 3. The largest absolute Gasteiger partial charge is 0.328 e. The molecule has 3 aromatic carbocycles. The number of nitrogens with one attached hydrogen (secondary N) is 1. The molecule has 0 unspecified atom stereocenters. The summed E-state index contributed by atoms with van der Waals surface area (Å²) in [4.78, 5) is 9.80. The molecule has 188 valence electrons. The Kier molecular flexibility index (Phi) is 5.39. The van der Waals surface area contributed by atoms with E-state index in [-0.39, 0.29) is 0 Å². The molecule has 0 spiro atoms. The fourth-order valence-electron chi connectivity index (χ4n) is 5.45. The lowest BCUT2D eigenvalue weighted by Crippen LogP contribution is -2.04.